The standard InChI is InChI=1S/C38H61NO3/c1-10-13-22-33(30(6)31-23-17-15-18-24-31)28-34(37(40)41-27-14-11-2)35(21-12-3)42-39(38(7,8)9)36(29(4)5)32-25-19-16-20-26-32/h15-20,23-26,29-30,33-36H,10-14,21-22,27-28H2,1-9H3. The van der Waals surface area contributed by atoms with Gasteiger partial charge < -0.3 is 4.74 Å². The topological polar surface area (TPSA) is 38.8 Å². The Morgan fingerprint density at radius 3 is 1.86 bits per heavy atom. The Bertz CT molecular complexity index is 984. The van der Waals surface area contributed by atoms with Crippen LogP contribution in [0, 0.1) is 17.8 Å². The van der Waals surface area contributed by atoms with Crippen molar-refractivity contribution in [3.8, 4) is 0 Å². The second-order valence-corrected chi connectivity index (χ2v) is 13.5. The first-order valence-corrected chi connectivity index (χ1v) is 16.8. The summed E-state index contributed by atoms with van der Waals surface area (Å²) in [5.74, 6) is 0.593. The summed E-state index contributed by atoms with van der Waals surface area (Å²) in [5, 5.41) is 2.20. The molecular formula is C38H61NO3. The van der Waals surface area contributed by atoms with Crippen LogP contribution in [0.3, 0.4) is 0 Å². The van der Waals surface area contributed by atoms with Gasteiger partial charge in [0.15, 0.2) is 0 Å². The number of hydrogen-bond acceptors (Lipinski definition) is 4. The zero-order valence-electron chi connectivity index (χ0n) is 28.3. The zero-order chi connectivity index (χ0) is 31.1. The fraction of sp³-hybridized carbons (Fsp3) is 0.658. The van der Waals surface area contributed by atoms with Crippen LogP contribution in [0.5, 0.6) is 0 Å². The monoisotopic (exact) mass is 579 g/mol. The summed E-state index contributed by atoms with van der Waals surface area (Å²) < 4.78 is 5.99. The zero-order valence-corrected chi connectivity index (χ0v) is 28.3. The molecule has 0 aliphatic carbocycles. The molecular weight excluding hydrogens is 518 g/mol. The van der Waals surface area contributed by atoms with Crippen LogP contribution in [-0.4, -0.2) is 29.3 Å². The highest BCUT2D eigenvalue weighted by atomic mass is 16.7. The van der Waals surface area contributed by atoms with Gasteiger partial charge in [0.1, 0.15) is 0 Å². The molecule has 0 fully saturated rings. The predicted molar refractivity (Wildman–Crippen MR) is 177 cm³/mol. The van der Waals surface area contributed by atoms with Gasteiger partial charge in [-0.3, -0.25) is 9.63 Å². The van der Waals surface area contributed by atoms with Crippen molar-refractivity contribution >= 4 is 5.97 Å². The fourth-order valence-corrected chi connectivity index (χ4v) is 6.06. The average Bonchev–Trinajstić information content (AvgIpc) is 2.96. The molecule has 42 heavy (non-hydrogen) atoms. The van der Waals surface area contributed by atoms with Crippen LogP contribution >= 0.6 is 0 Å². The van der Waals surface area contributed by atoms with Crippen molar-refractivity contribution in [1.82, 2.24) is 5.06 Å². The first-order chi connectivity index (χ1) is 20.0. The van der Waals surface area contributed by atoms with Gasteiger partial charge >= 0.3 is 5.97 Å². The molecule has 0 spiro atoms. The molecule has 2 aromatic rings. The average molecular weight is 580 g/mol. The second kappa shape index (κ2) is 18.5. The maximum absolute atomic E-state index is 14.0. The number of nitrogens with zero attached hydrogens (tertiary/aromatic N) is 1. The third-order valence-corrected chi connectivity index (χ3v) is 8.52. The van der Waals surface area contributed by atoms with E-state index in [2.05, 4.69) is 128 Å². The number of rotatable bonds is 19. The van der Waals surface area contributed by atoms with Crippen molar-refractivity contribution in [2.24, 2.45) is 17.8 Å². The Morgan fingerprint density at radius 2 is 1.36 bits per heavy atom. The highest BCUT2D eigenvalue weighted by molar-refractivity contribution is 5.73. The molecule has 0 N–H and O–H groups in total. The van der Waals surface area contributed by atoms with Crippen molar-refractivity contribution in [2.45, 2.75) is 137 Å². The first kappa shape index (κ1) is 36.0. The minimum Gasteiger partial charge on any atom is -0.465 e. The van der Waals surface area contributed by atoms with Crippen molar-refractivity contribution in [2.75, 3.05) is 6.61 Å². The summed E-state index contributed by atoms with van der Waals surface area (Å²) in [6, 6.07) is 21.5. The maximum atomic E-state index is 14.0. The minimum atomic E-state index is -0.330. The number of esters is 1. The Labute approximate surface area is 258 Å². The van der Waals surface area contributed by atoms with Gasteiger partial charge in [-0.2, -0.15) is 5.06 Å². The molecule has 0 aromatic heterocycles. The van der Waals surface area contributed by atoms with Gasteiger partial charge in [0.05, 0.1) is 24.7 Å². The number of hydroxylamine groups is 2. The number of carbonyl (C=O) groups is 1. The van der Waals surface area contributed by atoms with Gasteiger partial charge in [0.25, 0.3) is 0 Å². The SMILES string of the molecule is CCCCOC(=O)C(CC(CCCC)C(C)c1ccccc1)C(CCC)ON(C(c1ccccc1)C(C)C)C(C)(C)C. The van der Waals surface area contributed by atoms with Crippen LogP contribution in [0.15, 0.2) is 60.7 Å². The van der Waals surface area contributed by atoms with Gasteiger partial charge in [-0.15, -0.1) is 0 Å². The van der Waals surface area contributed by atoms with Gasteiger partial charge in [-0.1, -0.05) is 128 Å². The van der Waals surface area contributed by atoms with E-state index in [4.69, 9.17) is 9.57 Å². The molecule has 0 radical (unpaired) electrons. The molecule has 236 valence electrons. The lowest BCUT2D eigenvalue weighted by atomic mass is 9.77. The Kier molecular flexibility index (Phi) is 15.9. The highest BCUT2D eigenvalue weighted by Crippen LogP contribution is 2.39. The van der Waals surface area contributed by atoms with E-state index >= 15 is 0 Å². The summed E-state index contributed by atoms with van der Waals surface area (Å²) in [6.07, 6.45) is 7.51. The van der Waals surface area contributed by atoms with Gasteiger partial charge in [-0.25, -0.2) is 0 Å². The van der Waals surface area contributed by atoms with Gasteiger partial charge in [0.2, 0.25) is 0 Å². The van der Waals surface area contributed by atoms with Crippen LogP contribution in [0.4, 0.5) is 0 Å². The van der Waals surface area contributed by atoms with E-state index in [0.717, 1.165) is 51.4 Å². The lowest BCUT2D eigenvalue weighted by molar-refractivity contribution is -0.285. The molecule has 0 amide bonds. The molecule has 2 aromatic carbocycles. The van der Waals surface area contributed by atoms with E-state index in [-0.39, 0.29) is 29.6 Å². The van der Waals surface area contributed by atoms with Crippen LogP contribution in [0.2, 0.25) is 0 Å². The van der Waals surface area contributed by atoms with Crippen molar-refractivity contribution in [1.29, 1.82) is 0 Å². The number of benzene rings is 2. The quantitative estimate of drug-likeness (QED) is 0.0942. The lowest BCUT2D eigenvalue weighted by Gasteiger charge is -2.45. The van der Waals surface area contributed by atoms with Crippen molar-refractivity contribution < 1.29 is 14.4 Å². The number of hydrogen-bond donors (Lipinski definition) is 0. The van der Waals surface area contributed by atoms with E-state index in [1.165, 1.54) is 11.1 Å². The van der Waals surface area contributed by atoms with Crippen LogP contribution in [0.25, 0.3) is 0 Å². The molecule has 2 rings (SSSR count). The summed E-state index contributed by atoms with van der Waals surface area (Å²) in [5.41, 5.74) is 2.30. The second-order valence-electron chi connectivity index (χ2n) is 13.5. The smallest absolute Gasteiger partial charge is 0.311 e. The highest BCUT2D eigenvalue weighted by Gasteiger charge is 2.40. The number of ether oxygens (including phenoxy) is 1. The Balaban J connectivity index is 2.53. The van der Waals surface area contributed by atoms with Crippen molar-refractivity contribution in [3.63, 3.8) is 0 Å². The van der Waals surface area contributed by atoms with Crippen LogP contribution < -0.4 is 0 Å². The van der Waals surface area contributed by atoms with Gasteiger partial charge in [-0.05, 0) is 75.3 Å². The van der Waals surface area contributed by atoms with E-state index in [0.29, 0.717) is 24.4 Å². The van der Waals surface area contributed by atoms with Crippen LogP contribution in [-0.2, 0) is 14.4 Å². The summed E-state index contributed by atoms with van der Waals surface area (Å²) in [6.45, 7) is 20.5. The molecule has 4 nitrogen and oxygen atoms in total. The Hall–Kier alpha value is -2.17. The molecule has 0 saturated heterocycles. The maximum Gasteiger partial charge on any atom is 0.311 e. The number of carbonyl (C=O) groups excluding carboxylic acids is 1. The van der Waals surface area contributed by atoms with Crippen LogP contribution in [0.1, 0.15) is 137 Å². The molecule has 0 bridgehead atoms. The molecule has 0 aliphatic rings. The van der Waals surface area contributed by atoms with E-state index < -0.39 is 0 Å². The normalized spacial score (nSPS) is 15.8. The fourth-order valence-electron chi connectivity index (χ4n) is 6.06. The summed E-state index contributed by atoms with van der Waals surface area (Å²) in [4.78, 5) is 21.1. The third-order valence-electron chi connectivity index (χ3n) is 8.52. The molecule has 0 saturated carbocycles. The summed E-state index contributed by atoms with van der Waals surface area (Å²) in [7, 11) is 0. The molecule has 5 unspecified atom stereocenters. The summed E-state index contributed by atoms with van der Waals surface area (Å²) >= 11 is 0. The largest absolute Gasteiger partial charge is 0.465 e. The molecule has 4 heteroatoms. The molecule has 0 aliphatic heterocycles. The van der Waals surface area contributed by atoms with Crippen molar-refractivity contribution in [3.05, 3.63) is 71.8 Å². The van der Waals surface area contributed by atoms with E-state index in [1.807, 2.05) is 0 Å². The van der Waals surface area contributed by atoms with E-state index in [9.17, 15) is 4.79 Å². The molecule has 5 atom stereocenters. The minimum absolute atomic E-state index is 0.0569. The van der Waals surface area contributed by atoms with E-state index in [1.54, 1.807) is 0 Å². The van der Waals surface area contributed by atoms with Gasteiger partial charge in [0, 0.05) is 5.54 Å². The first-order valence-electron chi connectivity index (χ1n) is 16.8. The third kappa shape index (κ3) is 11.2. The molecule has 0 heterocycles. The predicted octanol–water partition coefficient (Wildman–Crippen LogP) is 10.5. The lowest BCUT2D eigenvalue weighted by Crippen LogP contribution is -2.49. The Morgan fingerprint density at radius 1 is 0.786 bits per heavy atom. The number of unbranched alkanes of at least 4 members (excludes halogenated alkanes) is 2.